The Hall–Kier alpha value is -3.30. The Morgan fingerprint density at radius 1 is 1.10 bits per heavy atom. The van der Waals surface area contributed by atoms with Crippen molar-refractivity contribution in [3.63, 3.8) is 0 Å². The molecule has 0 spiro atoms. The topological polar surface area (TPSA) is 129 Å². The molecule has 29 heavy (non-hydrogen) atoms. The minimum atomic E-state index is -0.931. The van der Waals surface area contributed by atoms with E-state index < -0.39 is 30.9 Å². The normalized spacial score (nSPS) is 12.8. The van der Waals surface area contributed by atoms with Gasteiger partial charge in [0, 0.05) is 25.5 Å². The smallest absolute Gasteiger partial charge is 0.413 e. The van der Waals surface area contributed by atoms with Gasteiger partial charge in [-0.2, -0.15) is 0 Å². The third-order valence-corrected chi connectivity index (χ3v) is 4.33. The van der Waals surface area contributed by atoms with Crippen LogP contribution in [0.4, 0.5) is 4.79 Å². The average molecular weight is 409 g/mol. The number of carbonyl (C=O) groups is 4. The molecule has 0 saturated carbocycles. The number of unbranched alkanes of at least 4 members (excludes halogenated alkanes) is 1. The second-order valence-corrected chi connectivity index (χ2v) is 6.36. The molecule has 0 aliphatic carbocycles. The number of ether oxygens (including phenoxy) is 4. The van der Waals surface area contributed by atoms with Crippen LogP contribution in [0.25, 0.3) is 0 Å². The van der Waals surface area contributed by atoms with Gasteiger partial charge in [-0.05, 0) is 38.0 Å². The van der Waals surface area contributed by atoms with Gasteiger partial charge in [-0.25, -0.2) is 4.79 Å². The third kappa shape index (κ3) is 6.37. The number of Topliss-reactive ketones (excluding diaryl/α,β-unsaturated/α-hetero) is 1. The van der Waals surface area contributed by atoms with Crippen molar-refractivity contribution in [2.75, 3.05) is 20.6 Å². The van der Waals surface area contributed by atoms with Crippen LogP contribution in [0.1, 0.15) is 43.0 Å². The van der Waals surface area contributed by atoms with Crippen LogP contribution in [0.3, 0.4) is 0 Å². The molecule has 1 heterocycles. The van der Waals surface area contributed by atoms with Crippen molar-refractivity contribution < 1.29 is 43.2 Å². The Morgan fingerprint density at radius 3 is 2.52 bits per heavy atom. The number of amides is 1. The lowest BCUT2D eigenvalue weighted by Crippen LogP contribution is -2.41. The van der Waals surface area contributed by atoms with Crippen molar-refractivity contribution in [3.8, 4) is 11.5 Å². The number of nitrogens with zero attached hydrogens (tertiary/aromatic N) is 1. The van der Waals surface area contributed by atoms with Gasteiger partial charge in [-0.15, -0.1) is 0 Å². The van der Waals surface area contributed by atoms with Gasteiger partial charge < -0.3 is 29.0 Å². The standard InChI is InChI=1S/C19H23NO9/c1-12(18(24)13-7-8-14-15(9-13)27-10-26-14)20(2)19(25)29-11-28-17(23)6-4-3-5-16(21)22/h7-9,12H,3-6,10-11H2,1-2H3,(H,21,22). The highest BCUT2D eigenvalue weighted by Crippen LogP contribution is 2.33. The molecule has 0 aromatic heterocycles. The number of carboxylic acids is 1. The fraction of sp³-hybridized carbons (Fsp3) is 0.474. The lowest BCUT2D eigenvalue weighted by atomic mass is 10.0. The molecule has 0 fully saturated rings. The Kier molecular flexibility index (Phi) is 7.81. The number of esters is 1. The lowest BCUT2D eigenvalue weighted by molar-refractivity contribution is -0.152. The molecule has 1 N–H and O–H groups in total. The quantitative estimate of drug-likeness (QED) is 0.267. The number of carboxylic acid groups (broad SMARTS) is 1. The van der Waals surface area contributed by atoms with E-state index in [9.17, 15) is 19.2 Å². The van der Waals surface area contributed by atoms with Crippen molar-refractivity contribution >= 4 is 23.8 Å². The maximum absolute atomic E-state index is 12.6. The predicted octanol–water partition coefficient (Wildman–Crippen LogP) is 2.20. The third-order valence-electron chi connectivity index (χ3n) is 4.33. The lowest BCUT2D eigenvalue weighted by Gasteiger charge is -2.23. The van der Waals surface area contributed by atoms with Crippen LogP contribution >= 0.6 is 0 Å². The molecule has 2 rings (SSSR count). The number of benzene rings is 1. The van der Waals surface area contributed by atoms with Crippen LogP contribution in [-0.4, -0.2) is 60.5 Å². The van der Waals surface area contributed by atoms with Crippen LogP contribution in [-0.2, 0) is 19.1 Å². The summed E-state index contributed by atoms with van der Waals surface area (Å²) in [5.74, 6) is -0.844. The summed E-state index contributed by atoms with van der Waals surface area (Å²) in [4.78, 5) is 47.7. The largest absolute Gasteiger partial charge is 0.481 e. The van der Waals surface area contributed by atoms with Gasteiger partial charge in [0.25, 0.3) is 0 Å². The summed E-state index contributed by atoms with van der Waals surface area (Å²) in [6.07, 6.45) is -0.112. The van der Waals surface area contributed by atoms with Crippen LogP contribution in [0.15, 0.2) is 18.2 Å². The second kappa shape index (κ2) is 10.3. The molecule has 1 aromatic carbocycles. The highest BCUT2D eigenvalue weighted by molar-refractivity contribution is 6.01. The van der Waals surface area contributed by atoms with E-state index in [1.165, 1.54) is 7.05 Å². The molecule has 0 bridgehead atoms. The number of likely N-dealkylation sites (N-methyl/N-ethyl adjacent to an activating group) is 1. The van der Waals surface area contributed by atoms with Crippen LogP contribution < -0.4 is 9.47 Å². The Morgan fingerprint density at radius 2 is 1.79 bits per heavy atom. The first kappa shape index (κ1) is 22.0. The highest BCUT2D eigenvalue weighted by Gasteiger charge is 2.26. The number of fused-ring (bicyclic) bond motifs is 1. The summed E-state index contributed by atoms with van der Waals surface area (Å²) < 4.78 is 20.1. The van der Waals surface area contributed by atoms with E-state index in [0.29, 0.717) is 29.9 Å². The molecule has 1 unspecified atom stereocenters. The summed E-state index contributed by atoms with van der Waals surface area (Å²) in [6.45, 7) is 1.04. The highest BCUT2D eigenvalue weighted by atomic mass is 16.7. The Balaban J connectivity index is 1.75. The van der Waals surface area contributed by atoms with Gasteiger partial charge in [-0.3, -0.25) is 14.4 Å². The number of hydrogen-bond donors (Lipinski definition) is 1. The number of rotatable bonds is 10. The van der Waals surface area contributed by atoms with Crippen molar-refractivity contribution in [2.24, 2.45) is 0 Å². The molecule has 0 saturated heterocycles. The SMILES string of the molecule is CC(C(=O)c1ccc2c(c1)OCO2)N(C)C(=O)OCOC(=O)CCCCC(=O)O. The summed E-state index contributed by atoms with van der Waals surface area (Å²) in [6, 6.07) is 3.93. The molecule has 10 heteroatoms. The summed E-state index contributed by atoms with van der Waals surface area (Å²) in [5.41, 5.74) is 0.356. The number of hydrogen-bond acceptors (Lipinski definition) is 8. The first-order chi connectivity index (χ1) is 13.8. The predicted molar refractivity (Wildman–Crippen MR) is 97.7 cm³/mol. The van der Waals surface area contributed by atoms with E-state index in [4.69, 9.17) is 24.1 Å². The Bertz CT molecular complexity index is 777. The Labute approximate surface area is 167 Å². The van der Waals surface area contributed by atoms with Crippen LogP contribution in [0, 0.1) is 0 Å². The minimum absolute atomic E-state index is 0.0254. The maximum Gasteiger partial charge on any atom is 0.413 e. The monoisotopic (exact) mass is 409 g/mol. The molecule has 1 aliphatic heterocycles. The first-order valence-electron chi connectivity index (χ1n) is 9.00. The number of aliphatic carboxylic acids is 1. The van der Waals surface area contributed by atoms with E-state index in [1.807, 2.05) is 0 Å². The van der Waals surface area contributed by atoms with Gasteiger partial charge in [0.2, 0.25) is 13.6 Å². The maximum atomic E-state index is 12.6. The molecule has 1 amide bonds. The fourth-order valence-electron chi connectivity index (χ4n) is 2.49. The molecule has 158 valence electrons. The van der Waals surface area contributed by atoms with Crippen LogP contribution in [0.2, 0.25) is 0 Å². The second-order valence-electron chi connectivity index (χ2n) is 6.36. The van der Waals surface area contributed by atoms with Crippen molar-refractivity contribution in [2.45, 2.75) is 38.6 Å². The zero-order valence-corrected chi connectivity index (χ0v) is 16.2. The van der Waals surface area contributed by atoms with Crippen LogP contribution in [0.5, 0.6) is 11.5 Å². The van der Waals surface area contributed by atoms with E-state index in [0.717, 1.165) is 4.90 Å². The molecule has 1 aliphatic rings. The summed E-state index contributed by atoms with van der Waals surface area (Å²) in [7, 11) is 1.39. The fourth-order valence-corrected chi connectivity index (χ4v) is 2.49. The minimum Gasteiger partial charge on any atom is -0.481 e. The van der Waals surface area contributed by atoms with Crippen molar-refractivity contribution in [3.05, 3.63) is 23.8 Å². The van der Waals surface area contributed by atoms with Gasteiger partial charge in [0.05, 0.1) is 6.04 Å². The van der Waals surface area contributed by atoms with Gasteiger partial charge in [0.1, 0.15) is 0 Å². The van der Waals surface area contributed by atoms with Crippen molar-refractivity contribution in [1.82, 2.24) is 4.90 Å². The molecular weight excluding hydrogens is 386 g/mol. The van der Waals surface area contributed by atoms with E-state index >= 15 is 0 Å². The molecule has 1 atom stereocenters. The van der Waals surface area contributed by atoms with Gasteiger partial charge >= 0.3 is 18.0 Å². The molecule has 10 nitrogen and oxygen atoms in total. The first-order valence-corrected chi connectivity index (χ1v) is 9.00. The zero-order valence-electron chi connectivity index (χ0n) is 16.2. The number of ketones is 1. The van der Waals surface area contributed by atoms with E-state index in [1.54, 1.807) is 25.1 Å². The number of carbonyl (C=O) groups excluding carboxylic acids is 3. The van der Waals surface area contributed by atoms with Gasteiger partial charge in [-0.1, -0.05) is 0 Å². The van der Waals surface area contributed by atoms with E-state index in [2.05, 4.69) is 0 Å². The van der Waals surface area contributed by atoms with Gasteiger partial charge in [0.15, 0.2) is 17.3 Å². The summed E-state index contributed by atoms with van der Waals surface area (Å²) >= 11 is 0. The molecular formula is C19H23NO9. The molecule has 0 radical (unpaired) electrons. The summed E-state index contributed by atoms with van der Waals surface area (Å²) in [5, 5.41) is 8.52. The van der Waals surface area contributed by atoms with Crippen molar-refractivity contribution in [1.29, 1.82) is 0 Å². The van der Waals surface area contributed by atoms with E-state index in [-0.39, 0.29) is 25.4 Å². The average Bonchev–Trinajstić information content (AvgIpc) is 3.17. The zero-order chi connectivity index (χ0) is 21.4. The molecule has 1 aromatic rings.